The van der Waals surface area contributed by atoms with E-state index < -0.39 is 11.9 Å². The van der Waals surface area contributed by atoms with Crippen LogP contribution in [0.4, 0.5) is 5.69 Å². The third-order valence-electron chi connectivity index (χ3n) is 3.73. The van der Waals surface area contributed by atoms with Crippen LogP contribution in [0, 0.1) is 0 Å². The summed E-state index contributed by atoms with van der Waals surface area (Å²) in [6, 6.07) is 7.80. The Labute approximate surface area is 166 Å². The third kappa shape index (κ3) is 5.52. The second kappa shape index (κ2) is 8.97. The van der Waals surface area contributed by atoms with E-state index in [-0.39, 0.29) is 46.0 Å². The Hall–Kier alpha value is -2.44. The van der Waals surface area contributed by atoms with Crippen molar-refractivity contribution in [2.45, 2.75) is 32.6 Å². The lowest BCUT2D eigenvalue weighted by Crippen LogP contribution is -2.13. The largest absolute Gasteiger partial charge is 0.508 e. The van der Waals surface area contributed by atoms with Gasteiger partial charge in [0.05, 0.1) is 17.1 Å². The molecule has 0 aliphatic carbocycles. The molecule has 2 rings (SSSR count). The van der Waals surface area contributed by atoms with Crippen molar-refractivity contribution in [3.05, 3.63) is 45.9 Å². The molecule has 2 aromatic rings. The first-order chi connectivity index (χ1) is 12.7. The Balaban J connectivity index is 2.26. The topological polar surface area (TPSA) is 95.9 Å². The van der Waals surface area contributed by atoms with Gasteiger partial charge in [-0.15, -0.1) is 0 Å². The van der Waals surface area contributed by atoms with Crippen LogP contribution in [0.15, 0.2) is 30.3 Å². The first-order valence-corrected chi connectivity index (χ1v) is 8.95. The number of ether oxygens (including phenoxy) is 1. The molecule has 2 aromatic carbocycles. The molecule has 0 saturated carbocycles. The zero-order chi connectivity index (χ0) is 20.1. The van der Waals surface area contributed by atoms with Crippen LogP contribution in [0.1, 0.15) is 38.2 Å². The predicted molar refractivity (Wildman–Crippen MR) is 104 cm³/mol. The fourth-order valence-electron chi connectivity index (χ4n) is 2.33. The Bertz CT molecular complexity index is 867. The van der Waals surface area contributed by atoms with Gasteiger partial charge in [0.25, 0.3) is 0 Å². The SMILES string of the molecule is CC(C)c1cc(Oc2c(Cl)ccc(NC(=O)CCC(=O)O)c2Cl)ccc1O. The highest BCUT2D eigenvalue weighted by atomic mass is 35.5. The van der Waals surface area contributed by atoms with E-state index in [9.17, 15) is 14.7 Å². The number of hydrogen-bond acceptors (Lipinski definition) is 4. The molecule has 0 aliphatic heterocycles. The maximum Gasteiger partial charge on any atom is 0.303 e. The second-order valence-corrected chi connectivity index (χ2v) is 6.94. The Morgan fingerprint density at radius 2 is 1.85 bits per heavy atom. The molecule has 0 radical (unpaired) electrons. The summed E-state index contributed by atoms with van der Waals surface area (Å²) in [7, 11) is 0. The molecule has 0 unspecified atom stereocenters. The van der Waals surface area contributed by atoms with Crippen LogP contribution < -0.4 is 10.1 Å². The molecule has 0 aromatic heterocycles. The molecule has 8 heteroatoms. The first-order valence-electron chi connectivity index (χ1n) is 8.19. The van der Waals surface area contributed by atoms with Gasteiger partial charge in [0.15, 0.2) is 5.75 Å². The number of amides is 1. The minimum absolute atomic E-state index is 0.0827. The Morgan fingerprint density at radius 1 is 1.15 bits per heavy atom. The van der Waals surface area contributed by atoms with Crippen LogP contribution in [-0.4, -0.2) is 22.1 Å². The molecule has 0 saturated heterocycles. The second-order valence-electron chi connectivity index (χ2n) is 6.16. The van der Waals surface area contributed by atoms with E-state index in [1.165, 1.54) is 18.2 Å². The smallest absolute Gasteiger partial charge is 0.303 e. The number of benzene rings is 2. The molecule has 0 atom stereocenters. The molecule has 0 spiro atoms. The summed E-state index contributed by atoms with van der Waals surface area (Å²) in [5.74, 6) is -0.735. The van der Waals surface area contributed by atoms with E-state index in [0.29, 0.717) is 11.3 Å². The van der Waals surface area contributed by atoms with Crippen molar-refractivity contribution >= 4 is 40.8 Å². The molecule has 27 heavy (non-hydrogen) atoms. The molecule has 6 nitrogen and oxygen atoms in total. The summed E-state index contributed by atoms with van der Waals surface area (Å²) >= 11 is 12.5. The molecule has 0 aliphatic rings. The maximum atomic E-state index is 11.8. The Morgan fingerprint density at radius 3 is 2.48 bits per heavy atom. The molecule has 0 heterocycles. The van der Waals surface area contributed by atoms with Crippen LogP contribution in [0.25, 0.3) is 0 Å². The van der Waals surface area contributed by atoms with Gasteiger partial charge in [0, 0.05) is 12.0 Å². The van der Waals surface area contributed by atoms with E-state index >= 15 is 0 Å². The fourth-order valence-corrected chi connectivity index (χ4v) is 2.83. The molecule has 3 N–H and O–H groups in total. The minimum atomic E-state index is -1.07. The van der Waals surface area contributed by atoms with Crippen molar-refractivity contribution in [3.8, 4) is 17.2 Å². The van der Waals surface area contributed by atoms with Crippen LogP contribution in [0.2, 0.25) is 10.0 Å². The standard InChI is InChI=1S/C19H19Cl2NO5/c1-10(2)12-9-11(3-6-15(12)23)27-19-13(20)4-5-14(18(19)21)22-16(24)7-8-17(25)26/h3-6,9-10,23H,7-8H2,1-2H3,(H,22,24)(H,25,26). The highest BCUT2D eigenvalue weighted by molar-refractivity contribution is 6.39. The third-order valence-corrected chi connectivity index (χ3v) is 4.40. The van der Waals surface area contributed by atoms with Gasteiger partial charge < -0.3 is 20.3 Å². The van der Waals surface area contributed by atoms with Gasteiger partial charge in [-0.3, -0.25) is 9.59 Å². The van der Waals surface area contributed by atoms with Crippen LogP contribution in [0.3, 0.4) is 0 Å². The lowest BCUT2D eigenvalue weighted by molar-refractivity contribution is -0.138. The number of nitrogens with one attached hydrogen (secondary N) is 1. The predicted octanol–water partition coefficient (Wildman–Crippen LogP) is 5.42. The average molecular weight is 412 g/mol. The molecule has 144 valence electrons. The molecular formula is C19H19Cl2NO5. The molecule has 1 amide bonds. The maximum absolute atomic E-state index is 11.8. The van der Waals surface area contributed by atoms with Gasteiger partial charge >= 0.3 is 5.97 Å². The summed E-state index contributed by atoms with van der Waals surface area (Å²) in [4.78, 5) is 22.4. The lowest BCUT2D eigenvalue weighted by Gasteiger charge is -2.15. The van der Waals surface area contributed by atoms with Crippen molar-refractivity contribution in [1.82, 2.24) is 0 Å². The number of phenols is 1. The van der Waals surface area contributed by atoms with Crippen molar-refractivity contribution in [2.24, 2.45) is 0 Å². The number of anilines is 1. The van der Waals surface area contributed by atoms with Crippen molar-refractivity contribution < 1.29 is 24.5 Å². The summed E-state index contributed by atoms with van der Waals surface area (Å²) in [6.07, 6.45) is -0.466. The van der Waals surface area contributed by atoms with Gasteiger partial charge in [-0.05, 0) is 36.2 Å². The number of carbonyl (C=O) groups is 2. The first kappa shape index (κ1) is 20.9. The molecule has 0 bridgehead atoms. The Kier molecular flexibility index (Phi) is 6.93. The number of carboxylic acid groups (broad SMARTS) is 1. The number of halogens is 2. The van der Waals surface area contributed by atoms with Gasteiger partial charge in [0.1, 0.15) is 16.5 Å². The fraction of sp³-hybridized carbons (Fsp3) is 0.263. The highest BCUT2D eigenvalue weighted by Crippen LogP contribution is 2.42. The molecule has 0 fully saturated rings. The number of hydrogen-bond donors (Lipinski definition) is 3. The number of rotatable bonds is 7. The van der Waals surface area contributed by atoms with E-state index in [0.717, 1.165) is 0 Å². The highest BCUT2D eigenvalue weighted by Gasteiger charge is 2.16. The number of phenolic OH excluding ortho intramolecular Hbond substituents is 1. The van der Waals surface area contributed by atoms with Crippen molar-refractivity contribution in [3.63, 3.8) is 0 Å². The zero-order valence-electron chi connectivity index (χ0n) is 14.8. The summed E-state index contributed by atoms with van der Waals surface area (Å²) in [6.45, 7) is 3.87. The van der Waals surface area contributed by atoms with Gasteiger partial charge in [-0.25, -0.2) is 0 Å². The normalized spacial score (nSPS) is 10.7. The number of carbonyl (C=O) groups excluding carboxylic acids is 1. The van der Waals surface area contributed by atoms with Crippen molar-refractivity contribution in [2.75, 3.05) is 5.32 Å². The van der Waals surface area contributed by atoms with Gasteiger partial charge in [0.2, 0.25) is 5.91 Å². The van der Waals surface area contributed by atoms with Crippen LogP contribution in [0.5, 0.6) is 17.2 Å². The van der Waals surface area contributed by atoms with E-state index in [2.05, 4.69) is 5.32 Å². The lowest BCUT2D eigenvalue weighted by atomic mass is 10.0. The minimum Gasteiger partial charge on any atom is -0.508 e. The van der Waals surface area contributed by atoms with Crippen molar-refractivity contribution in [1.29, 1.82) is 0 Å². The summed E-state index contributed by atoms with van der Waals surface area (Å²) < 4.78 is 5.79. The summed E-state index contributed by atoms with van der Waals surface area (Å²) in [5.41, 5.74) is 0.965. The van der Waals surface area contributed by atoms with E-state index in [1.807, 2.05) is 13.8 Å². The number of aromatic hydroxyl groups is 1. The quantitative estimate of drug-likeness (QED) is 0.565. The number of aliphatic carboxylic acids is 1. The van der Waals surface area contributed by atoms with Crippen LogP contribution >= 0.6 is 23.2 Å². The van der Waals surface area contributed by atoms with Gasteiger partial charge in [-0.2, -0.15) is 0 Å². The monoisotopic (exact) mass is 411 g/mol. The van der Waals surface area contributed by atoms with Crippen LogP contribution in [-0.2, 0) is 9.59 Å². The van der Waals surface area contributed by atoms with E-state index in [4.69, 9.17) is 33.0 Å². The van der Waals surface area contributed by atoms with E-state index in [1.54, 1.807) is 12.1 Å². The summed E-state index contributed by atoms with van der Waals surface area (Å²) in [5, 5.41) is 21.4. The van der Waals surface area contributed by atoms with Gasteiger partial charge in [-0.1, -0.05) is 37.0 Å². The zero-order valence-corrected chi connectivity index (χ0v) is 16.3. The molecular weight excluding hydrogens is 393 g/mol. The average Bonchev–Trinajstić information content (AvgIpc) is 2.60. The number of carboxylic acids is 1.